The predicted molar refractivity (Wildman–Crippen MR) is 67.3 cm³/mol. The van der Waals surface area contributed by atoms with Crippen molar-refractivity contribution in [1.29, 1.82) is 0 Å². The highest BCUT2D eigenvalue weighted by Gasteiger charge is 2.10. The molecule has 6 nitrogen and oxygen atoms in total. The molecule has 0 aliphatic heterocycles. The summed E-state index contributed by atoms with van der Waals surface area (Å²) in [6.45, 7) is 5.06. The third-order valence-electron chi connectivity index (χ3n) is 2.19. The van der Waals surface area contributed by atoms with Gasteiger partial charge in [0.15, 0.2) is 0 Å². The molecule has 6 heteroatoms. The Morgan fingerprint density at radius 2 is 2.11 bits per heavy atom. The van der Waals surface area contributed by atoms with Crippen LogP contribution in [0.15, 0.2) is 18.2 Å². The van der Waals surface area contributed by atoms with Crippen molar-refractivity contribution >= 4 is 5.69 Å². The molecule has 18 heavy (non-hydrogen) atoms. The van der Waals surface area contributed by atoms with E-state index in [4.69, 9.17) is 9.57 Å². The molecule has 0 heterocycles. The Hall–Kier alpha value is -1.66. The van der Waals surface area contributed by atoms with Gasteiger partial charge in [-0.25, -0.2) is 0 Å². The molecule has 0 aromatic heterocycles. The molecule has 0 unspecified atom stereocenters. The Morgan fingerprint density at radius 1 is 1.39 bits per heavy atom. The van der Waals surface area contributed by atoms with Crippen molar-refractivity contribution in [2.24, 2.45) is 5.92 Å². The maximum atomic E-state index is 10.7. The van der Waals surface area contributed by atoms with E-state index in [1.54, 1.807) is 6.07 Å². The van der Waals surface area contributed by atoms with Gasteiger partial charge in [-0.1, -0.05) is 13.8 Å². The van der Waals surface area contributed by atoms with E-state index in [1.165, 1.54) is 19.2 Å². The van der Waals surface area contributed by atoms with Crippen LogP contribution in [0, 0.1) is 16.0 Å². The van der Waals surface area contributed by atoms with Crippen molar-refractivity contribution in [2.45, 2.75) is 20.4 Å². The number of nitro groups is 1. The lowest BCUT2D eigenvalue weighted by atomic mass is 10.2. The first-order valence-corrected chi connectivity index (χ1v) is 5.70. The third-order valence-corrected chi connectivity index (χ3v) is 2.19. The average Bonchev–Trinajstić information content (AvgIpc) is 2.34. The number of nitrogens with zero attached hydrogens (tertiary/aromatic N) is 1. The SMILES string of the molecule is COc1cc(CNOCC(C)C)cc([N+](=O)[O-])c1. The van der Waals surface area contributed by atoms with Crippen molar-refractivity contribution in [3.8, 4) is 5.75 Å². The maximum absolute atomic E-state index is 10.7. The number of rotatable bonds is 7. The first-order valence-electron chi connectivity index (χ1n) is 5.70. The smallest absolute Gasteiger partial charge is 0.273 e. The van der Waals surface area contributed by atoms with Crippen LogP contribution in [0.4, 0.5) is 5.69 Å². The molecule has 0 saturated carbocycles. The van der Waals surface area contributed by atoms with Crippen molar-refractivity contribution < 1.29 is 14.5 Å². The van der Waals surface area contributed by atoms with Gasteiger partial charge in [0.25, 0.3) is 5.69 Å². The molecule has 0 aliphatic rings. The second-order valence-electron chi connectivity index (χ2n) is 4.32. The lowest BCUT2D eigenvalue weighted by Crippen LogP contribution is -2.17. The molecular formula is C12H18N2O4. The Balaban J connectivity index is 2.64. The van der Waals surface area contributed by atoms with Crippen LogP contribution in [0.25, 0.3) is 0 Å². The summed E-state index contributed by atoms with van der Waals surface area (Å²) in [7, 11) is 1.48. The standard InChI is InChI=1S/C12H18N2O4/c1-9(2)8-18-13-7-10-4-11(14(15)16)6-12(5-10)17-3/h4-6,9,13H,7-8H2,1-3H3. The van der Waals surface area contributed by atoms with Crippen LogP contribution in [0.5, 0.6) is 5.75 Å². The quantitative estimate of drug-likeness (QED) is 0.459. The van der Waals surface area contributed by atoms with Crippen LogP contribution < -0.4 is 10.2 Å². The van der Waals surface area contributed by atoms with Crippen molar-refractivity contribution in [3.05, 3.63) is 33.9 Å². The molecular weight excluding hydrogens is 236 g/mol. The summed E-state index contributed by atoms with van der Waals surface area (Å²) in [5.41, 5.74) is 3.52. The first kappa shape index (κ1) is 14.4. The van der Waals surface area contributed by atoms with E-state index in [0.29, 0.717) is 24.8 Å². The fraction of sp³-hybridized carbons (Fsp3) is 0.500. The second kappa shape index (κ2) is 6.93. The van der Waals surface area contributed by atoms with Gasteiger partial charge in [0, 0.05) is 12.6 Å². The summed E-state index contributed by atoms with van der Waals surface area (Å²) in [4.78, 5) is 15.5. The lowest BCUT2D eigenvalue weighted by Gasteiger charge is -2.09. The maximum Gasteiger partial charge on any atom is 0.273 e. The molecule has 0 radical (unpaired) electrons. The number of nitrogens with one attached hydrogen (secondary N) is 1. The van der Waals surface area contributed by atoms with E-state index in [-0.39, 0.29) is 5.69 Å². The molecule has 0 saturated heterocycles. The van der Waals surface area contributed by atoms with Crippen LogP contribution in [-0.4, -0.2) is 18.6 Å². The molecule has 0 aliphatic carbocycles. The number of non-ortho nitro benzene ring substituents is 1. The van der Waals surface area contributed by atoms with Crippen LogP contribution in [0.2, 0.25) is 0 Å². The zero-order chi connectivity index (χ0) is 13.5. The number of hydrogen-bond donors (Lipinski definition) is 1. The number of methoxy groups -OCH3 is 1. The first-order chi connectivity index (χ1) is 8.52. The highest BCUT2D eigenvalue weighted by Crippen LogP contribution is 2.22. The number of nitro benzene ring substituents is 1. The highest BCUT2D eigenvalue weighted by atomic mass is 16.6. The Morgan fingerprint density at radius 3 is 2.67 bits per heavy atom. The summed E-state index contributed by atoms with van der Waals surface area (Å²) in [6, 6.07) is 4.62. The van der Waals surface area contributed by atoms with Crippen LogP contribution in [0.1, 0.15) is 19.4 Å². The van der Waals surface area contributed by atoms with E-state index in [2.05, 4.69) is 5.48 Å². The fourth-order valence-electron chi connectivity index (χ4n) is 1.33. The summed E-state index contributed by atoms with van der Waals surface area (Å²) in [6.07, 6.45) is 0. The normalized spacial score (nSPS) is 10.7. The Labute approximate surface area is 106 Å². The molecule has 0 atom stereocenters. The second-order valence-corrected chi connectivity index (χ2v) is 4.32. The number of benzene rings is 1. The summed E-state index contributed by atoms with van der Waals surface area (Å²) < 4.78 is 5.02. The van der Waals surface area contributed by atoms with Gasteiger partial charge < -0.3 is 9.57 Å². The van der Waals surface area contributed by atoms with Crippen LogP contribution in [-0.2, 0) is 11.4 Å². The zero-order valence-electron chi connectivity index (χ0n) is 10.8. The van der Waals surface area contributed by atoms with E-state index < -0.39 is 4.92 Å². The van der Waals surface area contributed by atoms with E-state index in [0.717, 1.165) is 5.56 Å². The predicted octanol–water partition coefficient (Wildman–Crippen LogP) is 2.28. The van der Waals surface area contributed by atoms with Crippen molar-refractivity contribution in [2.75, 3.05) is 13.7 Å². The topological polar surface area (TPSA) is 73.6 Å². The minimum Gasteiger partial charge on any atom is -0.496 e. The van der Waals surface area contributed by atoms with Gasteiger partial charge in [0.1, 0.15) is 5.75 Å². The molecule has 1 N–H and O–H groups in total. The van der Waals surface area contributed by atoms with Crippen molar-refractivity contribution in [3.63, 3.8) is 0 Å². The van der Waals surface area contributed by atoms with Crippen LogP contribution in [0.3, 0.4) is 0 Å². The van der Waals surface area contributed by atoms with Gasteiger partial charge in [0.05, 0.1) is 24.7 Å². The minimum absolute atomic E-state index is 0.00927. The lowest BCUT2D eigenvalue weighted by molar-refractivity contribution is -0.385. The molecule has 0 fully saturated rings. The van der Waals surface area contributed by atoms with Gasteiger partial charge in [-0.2, -0.15) is 5.48 Å². The Bertz CT molecular complexity index is 407. The molecule has 0 amide bonds. The highest BCUT2D eigenvalue weighted by molar-refractivity contribution is 5.42. The zero-order valence-corrected chi connectivity index (χ0v) is 10.8. The van der Waals surface area contributed by atoms with E-state index >= 15 is 0 Å². The summed E-state index contributed by atoms with van der Waals surface area (Å²) >= 11 is 0. The van der Waals surface area contributed by atoms with Gasteiger partial charge in [-0.05, 0) is 17.5 Å². The summed E-state index contributed by atoms with van der Waals surface area (Å²) in [5, 5.41) is 10.7. The monoisotopic (exact) mass is 254 g/mol. The number of hydrogen-bond acceptors (Lipinski definition) is 5. The van der Waals surface area contributed by atoms with Crippen LogP contribution >= 0.6 is 0 Å². The van der Waals surface area contributed by atoms with E-state index in [9.17, 15) is 10.1 Å². The average molecular weight is 254 g/mol. The molecule has 0 bridgehead atoms. The van der Waals surface area contributed by atoms with Gasteiger partial charge >= 0.3 is 0 Å². The largest absolute Gasteiger partial charge is 0.496 e. The fourth-order valence-corrected chi connectivity index (χ4v) is 1.33. The van der Waals surface area contributed by atoms with Gasteiger partial charge in [-0.15, -0.1) is 0 Å². The Kier molecular flexibility index (Phi) is 5.54. The van der Waals surface area contributed by atoms with Gasteiger partial charge in [-0.3, -0.25) is 10.1 Å². The number of ether oxygens (including phenoxy) is 1. The minimum atomic E-state index is -0.443. The van der Waals surface area contributed by atoms with E-state index in [1.807, 2.05) is 13.8 Å². The molecule has 0 spiro atoms. The summed E-state index contributed by atoms with van der Waals surface area (Å²) in [5.74, 6) is 0.891. The molecule has 100 valence electrons. The van der Waals surface area contributed by atoms with Crippen molar-refractivity contribution in [1.82, 2.24) is 5.48 Å². The third kappa shape index (κ3) is 4.68. The molecule has 1 rings (SSSR count). The van der Waals surface area contributed by atoms with Gasteiger partial charge in [0.2, 0.25) is 0 Å². The molecule has 1 aromatic rings. The molecule has 1 aromatic carbocycles. The number of hydroxylamine groups is 1.